The summed E-state index contributed by atoms with van der Waals surface area (Å²) in [5.41, 5.74) is 2.93. The second kappa shape index (κ2) is 8.45. The summed E-state index contributed by atoms with van der Waals surface area (Å²) in [6.07, 6.45) is 10.5. The molecule has 0 unspecified atom stereocenters. The van der Waals surface area contributed by atoms with E-state index in [4.69, 9.17) is 4.52 Å². The largest absolute Gasteiger partial charge is 0.360 e. The van der Waals surface area contributed by atoms with Crippen LogP contribution in [0.5, 0.6) is 0 Å². The predicted molar refractivity (Wildman–Crippen MR) is 114 cm³/mol. The monoisotopic (exact) mass is 419 g/mol. The van der Waals surface area contributed by atoms with Gasteiger partial charge in [-0.3, -0.25) is 14.6 Å². The van der Waals surface area contributed by atoms with E-state index in [-0.39, 0.29) is 23.6 Å². The maximum absolute atomic E-state index is 12.7. The molecule has 0 saturated heterocycles. The Bertz CT molecular complexity index is 1130. The van der Waals surface area contributed by atoms with Gasteiger partial charge in [-0.15, -0.1) is 0 Å². The van der Waals surface area contributed by atoms with Gasteiger partial charge in [-0.25, -0.2) is 4.68 Å². The summed E-state index contributed by atoms with van der Waals surface area (Å²) in [4.78, 5) is 29.3. The highest BCUT2D eigenvalue weighted by Gasteiger charge is 2.28. The molecular formula is C23H25N5O3. The molecule has 1 saturated carbocycles. The molecule has 31 heavy (non-hydrogen) atoms. The molecule has 1 fully saturated rings. The molecule has 0 radical (unpaired) electrons. The van der Waals surface area contributed by atoms with Gasteiger partial charge in [-0.2, -0.15) is 5.10 Å². The van der Waals surface area contributed by atoms with E-state index in [2.05, 4.69) is 20.6 Å². The lowest BCUT2D eigenvalue weighted by atomic mass is 9.90. The summed E-state index contributed by atoms with van der Waals surface area (Å²) < 4.78 is 6.96. The number of rotatable bonds is 4. The normalized spacial score (nSPS) is 20.8. The Balaban J connectivity index is 1.24. The Hall–Kier alpha value is -3.29. The van der Waals surface area contributed by atoms with Crippen LogP contribution in [-0.2, 0) is 12.8 Å². The van der Waals surface area contributed by atoms with Gasteiger partial charge in [-0.1, -0.05) is 5.16 Å². The predicted octanol–water partition coefficient (Wildman–Crippen LogP) is 3.09. The third-order valence-corrected chi connectivity index (χ3v) is 6.33. The van der Waals surface area contributed by atoms with Crippen molar-refractivity contribution in [3.05, 3.63) is 64.0 Å². The minimum Gasteiger partial charge on any atom is -0.360 e. The van der Waals surface area contributed by atoms with E-state index < -0.39 is 0 Å². The van der Waals surface area contributed by atoms with Gasteiger partial charge in [0.15, 0.2) is 5.69 Å². The Morgan fingerprint density at radius 2 is 1.94 bits per heavy atom. The van der Waals surface area contributed by atoms with Gasteiger partial charge in [0.25, 0.3) is 11.5 Å². The van der Waals surface area contributed by atoms with Crippen LogP contribution < -0.4 is 10.9 Å². The fourth-order valence-electron chi connectivity index (χ4n) is 4.64. The quantitative estimate of drug-likeness (QED) is 0.697. The lowest BCUT2D eigenvalue weighted by Crippen LogP contribution is -2.40. The number of nitrogens with one attached hydrogen (secondary N) is 1. The van der Waals surface area contributed by atoms with E-state index in [0.717, 1.165) is 73.9 Å². The van der Waals surface area contributed by atoms with E-state index in [9.17, 15) is 9.59 Å². The number of amides is 1. The number of carbonyl (C=O) groups is 1. The molecule has 0 atom stereocenters. The first-order valence-corrected chi connectivity index (χ1v) is 11.0. The van der Waals surface area contributed by atoms with Crippen molar-refractivity contribution in [1.82, 2.24) is 25.2 Å². The van der Waals surface area contributed by atoms with Crippen molar-refractivity contribution in [3.8, 4) is 11.3 Å². The first-order chi connectivity index (χ1) is 15.2. The first kappa shape index (κ1) is 19.7. The van der Waals surface area contributed by atoms with Crippen molar-refractivity contribution in [1.29, 1.82) is 0 Å². The van der Waals surface area contributed by atoms with Crippen molar-refractivity contribution < 1.29 is 9.32 Å². The summed E-state index contributed by atoms with van der Waals surface area (Å²) in [6.45, 7) is 0. The van der Waals surface area contributed by atoms with Crippen molar-refractivity contribution in [3.63, 3.8) is 0 Å². The van der Waals surface area contributed by atoms with Gasteiger partial charge in [0.05, 0.1) is 11.7 Å². The Kier molecular flexibility index (Phi) is 5.36. The average Bonchev–Trinajstić information content (AvgIpc) is 3.25. The Morgan fingerprint density at radius 3 is 2.74 bits per heavy atom. The van der Waals surface area contributed by atoms with Gasteiger partial charge < -0.3 is 9.84 Å². The topological polar surface area (TPSA) is 103 Å². The third kappa shape index (κ3) is 4.02. The molecule has 0 aliphatic heterocycles. The van der Waals surface area contributed by atoms with Crippen molar-refractivity contribution in [2.24, 2.45) is 0 Å². The van der Waals surface area contributed by atoms with Crippen LogP contribution in [0.2, 0.25) is 0 Å². The standard InChI is InChI=1S/C23H25N5O3/c29-21-12-11-19(15-4-3-13-24-14-15)26-28(21)17-9-7-16(8-10-17)25-23(30)22-18-5-1-2-6-20(18)31-27-22/h3-4,11-14,16-17H,1-2,5-10H2,(H,25,30). The maximum Gasteiger partial charge on any atom is 0.273 e. The second-order valence-electron chi connectivity index (χ2n) is 8.36. The molecule has 5 rings (SSSR count). The van der Waals surface area contributed by atoms with Crippen LogP contribution in [0.25, 0.3) is 11.3 Å². The summed E-state index contributed by atoms with van der Waals surface area (Å²) in [5.74, 6) is 0.711. The highest BCUT2D eigenvalue weighted by molar-refractivity contribution is 5.94. The van der Waals surface area contributed by atoms with E-state index in [0.29, 0.717) is 5.69 Å². The SMILES string of the molecule is O=C(NC1CCC(n2nc(-c3cccnc3)ccc2=O)CC1)c1noc2c1CCCC2. The number of hydrogen-bond acceptors (Lipinski definition) is 6. The molecule has 2 aliphatic carbocycles. The van der Waals surface area contributed by atoms with Gasteiger partial charge in [0.2, 0.25) is 0 Å². The van der Waals surface area contributed by atoms with Crippen LogP contribution in [0.4, 0.5) is 0 Å². The zero-order valence-corrected chi connectivity index (χ0v) is 17.3. The minimum atomic E-state index is -0.149. The Morgan fingerprint density at radius 1 is 1.10 bits per heavy atom. The molecule has 3 aromatic rings. The highest BCUT2D eigenvalue weighted by Crippen LogP contribution is 2.29. The molecule has 8 nitrogen and oxygen atoms in total. The van der Waals surface area contributed by atoms with Crippen LogP contribution in [0.3, 0.4) is 0 Å². The smallest absolute Gasteiger partial charge is 0.273 e. The lowest BCUT2D eigenvalue weighted by molar-refractivity contribution is 0.0911. The fourth-order valence-corrected chi connectivity index (χ4v) is 4.64. The van der Waals surface area contributed by atoms with Crippen LogP contribution in [0.1, 0.15) is 66.4 Å². The van der Waals surface area contributed by atoms with Crippen LogP contribution in [0.15, 0.2) is 46.0 Å². The first-order valence-electron chi connectivity index (χ1n) is 11.0. The number of aromatic nitrogens is 4. The zero-order valence-electron chi connectivity index (χ0n) is 17.3. The van der Waals surface area contributed by atoms with Gasteiger partial charge >= 0.3 is 0 Å². The number of pyridine rings is 1. The van der Waals surface area contributed by atoms with Crippen molar-refractivity contribution >= 4 is 5.91 Å². The average molecular weight is 419 g/mol. The molecule has 160 valence electrons. The van der Waals surface area contributed by atoms with E-state index in [1.807, 2.05) is 12.1 Å². The number of aryl methyl sites for hydroxylation is 1. The summed E-state index contributed by atoms with van der Waals surface area (Å²) >= 11 is 0. The molecule has 0 bridgehead atoms. The van der Waals surface area contributed by atoms with Gasteiger partial charge in [0.1, 0.15) is 5.76 Å². The molecule has 2 aliphatic rings. The van der Waals surface area contributed by atoms with Crippen LogP contribution in [0, 0.1) is 0 Å². The number of carbonyl (C=O) groups excluding carboxylic acids is 1. The lowest BCUT2D eigenvalue weighted by Gasteiger charge is -2.29. The number of nitrogens with zero attached hydrogens (tertiary/aromatic N) is 4. The molecule has 3 heterocycles. The molecule has 3 aromatic heterocycles. The molecular weight excluding hydrogens is 394 g/mol. The third-order valence-electron chi connectivity index (χ3n) is 6.33. The molecule has 0 aromatic carbocycles. The molecule has 1 amide bonds. The van der Waals surface area contributed by atoms with Crippen molar-refractivity contribution in [2.45, 2.75) is 63.5 Å². The molecule has 1 N–H and O–H groups in total. The van der Waals surface area contributed by atoms with E-state index in [1.165, 1.54) is 0 Å². The second-order valence-corrected chi connectivity index (χ2v) is 8.36. The van der Waals surface area contributed by atoms with E-state index in [1.54, 1.807) is 29.2 Å². The molecule has 8 heteroatoms. The fraction of sp³-hybridized carbons (Fsp3) is 0.435. The summed E-state index contributed by atoms with van der Waals surface area (Å²) in [6, 6.07) is 7.18. The molecule has 0 spiro atoms. The number of hydrogen-bond donors (Lipinski definition) is 1. The minimum absolute atomic E-state index is 0.0251. The van der Waals surface area contributed by atoms with Gasteiger partial charge in [0, 0.05) is 42.0 Å². The summed E-state index contributed by atoms with van der Waals surface area (Å²) in [5, 5.41) is 11.7. The highest BCUT2D eigenvalue weighted by atomic mass is 16.5. The Labute approximate surface area is 179 Å². The van der Waals surface area contributed by atoms with E-state index >= 15 is 0 Å². The maximum atomic E-state index is 12.7. The van der Waals surface area contributed by atoms with Crippen molar-refractivity contribution in [2.75, 3.05) is 0 Å². The van der Waals surface area contributed by atoms with Gasteiger partial charge in [-0.05, 0) is 63.1 Å². The van der Waals surface area contributed by atoms with Crippen LogP contribution in [-0.4, -0.2) is 31.9 Å². The number of fused-ring (bicyclic) bond motifs is 1. The van der Waals surface area contributed by atoms with Crippen LogP contribution >= 0.6 is 0 Å². The zero-order chi connectivity index (χ0) is 21.2. The summed E-state index contributed by atoms with van der Waals surface area (Å²) in [7, 11) is 0.